The van der Waals surface area contributed by atoms with Gasteiger partial charge in [-0.3, -0.25) is 5.10 Å². The van der Waals surface area contributed by atoms with Crippen LogP contribution >= 0.6 is 15.9 Å². The van der Waals surface area contributed by atoms with Crippen molar-refractivity contribution in [3.8, 4) is 0 Å². The maximum atomic E-state index is 8.99. The van der Waals surface area contributed by atoms with Gasteiger partial charge in [-0.1, -0.05) is 0 Å². The number of aromatic amines is 1. The molecule has 0 saturated carbocycles. The third-order valence-corrected chi connectivity index (χ3v) is 2.16. The third-order valence-electron chi connectivity index (χ3n) is 1.48. The lowest BCUT2D eigenvalue weighted by Gasteiger charge is -2.01. The van der Waals surface area contributed by atoms with Crippen LogP contribution in [0.4, 0.5) is 0 Å². The molecule has 1 unspecified atom stereocenters. The van der Waals surface area contributed by atoms with Gasteiger partial charge in [-0.05, 0) is 35.7 Å². The average Bonchev–Trinajstić information content (AvgIpc) is 2.31. The molecule has 62 valence electrons. The smallest absolute Gasteiger partial charge is 0.0632 e. The van der Waals surface area contributed by atoms with Crippen molar-refractivity contribution in [1.82, 2.24) is 10.2 Å². The first kappa shape index (κ1) is 8.74. The van der Waals surface area contributed by atoms with E-state index in [0.717, 1.165) is 23.0 Å². The number of aromatic nitrogens is 2. The van der Waals surface area contributed by atoms with Gasteiger partial charge in [0.1, 0.15) is 0 Å². The molecule has 1 heterocycles. The second-order valence-electron chi connectivity index (χ2n) is 2.58. The maximum absolute atomic E-state index is 8.99. The molecule has 0 radical (unpaired) electrons. The molecule has 4 heteroatoms. The third kappa shape index (κ3) is 2.63. The van der Waals surface area contributed by atoms with E-state index in [9.17, 15) is 0 Å². The molecule has 0 aliphatic rings. The summed E-state index contributed by atoms with van der Waals surface area (Å²) < 4.78 is 0.984. The highest BCUT2D eigenvalue weighted by molar-refractivity contribution is 9.10. The number of halogens is 1. The number of aryl methyl sites for hydroxylation is 1. The Kier molecular flexibility index (Phi) is 3.08. The fraction of sp³-hybridized carbons (Fsp3) is 0.571. The predicted molar refractivity (Wildman–Crippen MR) is 46.3 cm³/mol. The van der Waals surface area contributed by atoms with Gasteiger partial charge in [-0.15, -0.1) is 0 Å². The highest BCUT2D eigenvalue weighted by Gasteiger charge is 2.02. The van der Waals surface area contributed by atoms with Crippen molar-refractivity contribution in [2.75, 3.05) is 0 Å². The van der Waals surface area contributed by atoms with Crippen molar-refractivity contribution >= 4 is 15.9 Å². The fourth-order valence-electron chi connectivity index (χ4n) is 0.827. The Balaban J connectivity index is 2.44. The van der Waals surface area contributed by atoms with E-state index >= 15 is 0 Å². The zero-order valence-electron chi connectivity index (χ0n) is 6.34. The second-order valence-corrected chi connectivity index (χ2v) is 3.44. The Morgan fingerprint density at radius 2 is 2.55 bits per heavy atom. The fourth-order valence-corrected chi connectivity index (χ4v) is 1.22. The predicted octanol–water partition coefficient (Wildman–Crippen LogP) is 1.49. The van der Waals surface area contributed by atoms with Crippen molar-refractivity contribution in [2.24, 2.45) is 0 Å². The molecule has 0 fully saturated rings. The van der Waals surface area contributed by atoms with Gasteiger partial charge in [0.15, 0.2) is 0 Å². The summed E-state index contributed by atoms with van der Waals surface area (Å²) in [5, 5.41) is 15.7. The van der Waals surface area contributed by atoms with Gasteiger partial charge in [0, 0.05) is 5.69 Å². The van der Waals surface area contributed by atoms with Crippen LogP contribution in [-0.2, 0) is 6.42 Å². The number of nitrogens with zero attached hydrogens (tertiary/aromatic N) is 1. The lowest BCUT2D eigenvalue weighted by atomic mass is 10.2. The molecule has 1 atom stereocenters. The SMILES string of the molecule is CC(O)CCc1[nH]ncc1Br. The Morgan fingerprint density at radius 1 is 1.82 bits per heavy atom. The van der Waals surface area contributed by atoms with Crippen LogP contribution in [0, 0.1) is 0 Å². The highest BCUT2D eigenvalue weighted by Crippen LogP contribution is 2.14. The molecule has 1 rings (SSSR count). The standard InChI is InChI=1S/C7H11BrN2O/c1-5(11)2-3-7-6(8)4-9-10-7/h4-5,11H,2-3H2,1H3,(H,9,10). The van der Waals surface area contributed by atoms with E-state index in [1.54, 1.807) is 13.1 Å². The molecule has 0 bridgehead atoms. The summed E-state index contributed by atoms with van der Waals surface area (Å²) in [5.74, 6) is 0. The summed E-state index contributed by atoms with van der Waals surface area (Å²) in [5.41, 5.74) is 1.05. The molecule has 0 spiro atoms. The van der Waals surface area contributed by atoms with E-state index < -0.39 is 0 Å². The molecule has 0 aliphatic carbocycles. The lowest BCUT2D eigenvalue weighted by Crippen LogP contribution is -2.01. The summed E-state index contributed by atoms with van der Waals surface area (Å²) in [7, 11) is 0. The van der Waals surface area contributed by atoms with Crippen molar-refractivity contribution in [3.63, 3.8) is 0 Å². The number of H-pyrrole nitrogens is 1. The van der Waals surface area contributed by atoms with Crippen molar-refractivity contribution in [1.29, 1.82) is 0 Å². The van der Waals surface area contributed by atoms with E-state index in [-0.39, 0.29) is 6.10 Å². The summed E-state index contributed by atoms with van der Waals surface area (Å²) in [4.78, 5) is 0. The van der Waals surface area contributed by atoms with Gasteiger partial charge in [-0.25, -0.2) is 0 Å². The largest absolute Gasteiger partial charge is 0.393 e. The first-order valence-corrected chi connectivity index (χ1v) is 4.35. The van der Waals surface area contributed by atoms with Gasteiger partial charge in [0.2, 0.25) is 0 Å². The number of nitrogens with one attached hydrogen (secondary N) is 1. The summed E-state index contributed by atoms with van der Waals surface area (Å²) >= 11 is 3.34. The lowest BCUT2D eigenvalue weighted by molar-refractivity contribution is 0.184. The minimum atomic E-state index is -0.245. The van der Waals surface area contributed by atoms with E-state index in [4.69, 9.17) is 5.11 Å². The zero-order chi connectivity index (χ0) is 8.27. The first-order chi connectivity index (χ1) is 5.20. The van der Waals surface area contributed by atoms with Crippen LogP contribution in [0.2, 0.25) is 0 Å². The molecule has 0 aromatic carbocycles. The maximum Gasteiger partial charge on any atom is 0.0632 e. The van der Waals surface area contributed by atoms with Crippen molar-refractivity contribution < 1.29 is 5.11 Å². The highest BCUT2D eigenvalue weighted by atomic mass is 79.9. The molecule has 2 N–H and O–H groups in total. The number of aliphatic hydroxyl groups excluding tert-OH is 1. The molecule has 1 aromatic heterocycles. The molecule has 3 nitrogen and oxygen atoms in total. The van der Waals surface area contributed by atoms with Crippen molar-refractivity contribution in [2.45, 2.75) is 25.9 Å². The van der Waals surface area contributed by atoms with Gasteiger partial charge < -0.3 is 5.11 Å². The monoisotopic (exact) mass is 218 g/mol. The van der Waals surface area contributed by atoms with Crippen LogP contribution in [0.25, 0.3) is 0 Å². The molecule has 11 heavy (non-hydrogen) atoms. The number of hydrogen-bond acceptors (Lipinski definition) is 2. The van der Waals surface area contributed by atoms with Crippen LogP contribution in [0.15, 0.2) is 10.7 Å². The van der Waals surface area contributed by atoms with Crippen LogP contribution in [0.1, 0.15) is 19.0 Å². The zero-order valence-corrected chi connectivity index (χ0v) is 7.93. The molecule has 0 saturated heterocycles. The summed E-state index contributed by atoms with van der Waals surface area (Å²) in [6, 6.07) is 0. The van der Waals surface area contributed by atoms with E-state index in [1.165, 1.54) is 0 Å². The van der Waals surface area contributed by atoms with Crippen molar-refractivity contribution in [3.05, 3.63) is 16.4 Å². The molecular weight excluding hydrogens is 208 g/mol. The minimum Gasteiger partial charge on any atom is -0.393 e. The van der Waals surface area contributed by atoms with Crippen LogP contribution < -0.4 is 0 Å². The molecule has 1 aromatic rings. The van der Waals surface area contributed by atoms with Crippen LogP contribution in [0.5, 0.6) is 0 Å². The van der Waals surface area contributed by atoms with Gasteiger partial charge in [-0.2, -0.15) is 5.10 Å². The molecule has 0 aliphatic heterocycles. The molecular formula is C7H11BrN2O. The van der Waals surface area contributed by atoms with E-state index in [0.29, 0.717) is 0 Å². The average molecular weight is 219 g/mol. The normalized spacial score (nSPS) is 13.4. The summed E-state index contributed by atoms with van der Waals surface area (Å²) in [6.07, 6.45) is 3.07. The quantitative estimate of drug-likeness (QED) is 0.808. The number of hydrogen-bond donors (Lipinski definition) is 2. The second kappa shape index (κ2) is 3.88. The van der Waals surface area contributed by atoms with Gasteiger partial charge in [0.25, 0.3) is 0 Å². The van der Waals surface area contributed by atoms with Crippen LogP contribution in [0.3, 0.4) is 0 Å². The Labute approximate surface area is 74.0 Å². The van der Waals surface area contributed by atoms with E-state index in [2.05, 4.69) is 26.1 Å². The topological polar surface area (TPSA) is 48.9 Å². The Bertz CT molecular complexity index is 222. The van der Waals surface area contributed by atoms with Gasteiger partial charge in [0.05, 0.1) is 16.8 Å². The van der Waals surface area contributed by atoms with Gasteiger partial charge >= 0.3 is 0 Å². The molecule has 0 amide bonds. The Hall–Kier alpha value is -0.350. The first-order valence-electron chi connectivity index (χ1n) is 3.56. The Morgan fingerprint density at radius 3 is 3.00 bits per heavy atom. The number of rotatable bonds is 3. The van der Waals surface area contributed by atoms with E-state index in [1.807, 2.05) is 0 Å². The summed E-state index contributed by atoms with van der Waals surface area (Å²) in [6.45, 7) is 1.78. The van der Waals surface area contributed by atoms with Crippen LogP contribution in [-0.4, -0.2) is 21.4 Å². The number of aliphatic hydroxyl groups is 1. The minimum absolute atomic E-state index is 0.245.